The number of nitrogens with one attached hydrogen (secondary N) is 1. The highest BCUT2D eigenvalue weighted by Gasteiger charge is 2.15. The number of aliphatic hydroxyl groups is 1. The fraction of sp³-hybridized carbons (Fsp3) is 0.500. The van der Waals surface area contributed by atoms with Crippen LogP contribution >= 0.6 is 11.6 Å². The normalized spacial score (nSPS) is 13.9. The molecule has 0 radical (unpaired) electrons. The zero-order valence-corrected chi connectivity index (χ0v) is 10.2. The third kappa shape index (κ3) is 4.20. The minimum Gasteiger partial charge on any atom is -0.389 e. The average Bonchev–Trinajstić information content (AvgIpc) is 2.14. The number of rotatable bonds is 4. The summed E-state index contributed by atoms with van der Waals surface area (Å²) in [6.45, 7) is 6.13. The van der Waals surface area contributed by atoms with E-state index < -0.39 is 5.60 Å². The molecule has 0 saturated heterocycles. The summed E-state index contributed by atoms with van der Waals surface area (Å²) in [6, 6.07) is 7.88. The largest absolute Gasteiger partial charge is 0.389 e. The molecule has 1 atom stereocenters. The summed E-state index contributed by atoms with van der Waals surface area (Å²) in [4.78, 5) is 0. The van der Waals surface area contributed by atoms with Crippen LogP contribution in [0.1, 0.15) is 32.4 Å². The van der Waals surface area contributed by atoms with Crippen LogP contribution in [0.5, 0.6) is 0 Å². The number of hydrogen-bond acceptors (Lipinski definition) is 2. The number of benzene rings is 1. The van der Waals surface area contributed by atoms with E-state index in [1.165, 1.54) is 0 Å². The van der Waals surface area contributed by atoms with Crippen molar-refractivity contribution < 1.29 is 5.11 Å². The molecule has 1 rings (SSSR count). The monoisotopic (exact) mass is 227 g/mol. The van der Waals surface area contributed by atoms with Gasteiger partial charge in [0.05, 0.1) is 5.60 Å². The van der Waals surface area contributed by atoms with Crippen LogP contribution in [0.3, 0.4) is 0 Å². The molecule has 0 bridgehead atoms. The summed E-state index contributed by atoms with van der Waals surface area (Å²) in [5.74, 6) is 0. The molecule has 15 heavy (non-hydrogen) atoms. The Morgan fingerprint density at radius 2 is 2.00 bits per heavy atom. The maximum Gasteiger partial charge on any atom is 0.0715 e. The van der Waals surface area contributed by atoms with Gasteiger partial charge in [-0.3, -0.25) is 0 Å². The fourth-order valence-corrected chi connectivity index (χ4v) is 1.64. The van der Waals surface area contributed by atoms with Crippen molar-refractivity contribution in [3.05, 3.63) is 34.9 Å². The van der Waals surface area contributed by atoms with Gasteiger partial charge in [0.2, 0.25) is 0 Å². The standard InChI is InChI=1S/C12H18ClNO/c1-9(14-8-12(2,3)15)10-6-4-5-7-11(10)13/h4-7,9,14-15H,8H2,1-3H3. The highest BCUT2D eigenvalue weighted by Crippen LogP contribution is 2.22. The molecule has 1 unspecified atom stereocenters. The molecule has 1 aromatic rings. The Morgan fingerprint density at radius 1 is 1.40 bits per heavy atom. The Balaban J connectivity index is 2.62. The van der Waals surface area contributed by atoms with Gasteiger partial charge in [-0.1, -0.05) is 29.8 Å². The molecule has 2 N–H and O–H groups in total. The van der Waals surface area contributed by atoms with Crippen LogP contribution in [-0.2, 0) is 0 Å². The van der Waals surface area contributed by atoms with Gasteiger partial charge in [-0.05, 0) is 32.4 Å². The molecule has 0 aliphatic rings. The van der Waals surface area contributed by atoms with E-state index in [1.54, 1.807) is 13.8 Å². The average molecular weight is 228 g/mol. The van der Waals surface area contributed by atoms with Crippen LogP contribution in [0.25, 0.3) is 0 Å². The van der Waals surface area contributed by atoms with Crippen molar-refractivity contribution in [2.45, 2.75) is 32.4 Å². The maximum absolute atomic E-state index is 9.59. The van der Waals surface area contributed by atoms with E-state index in [4.69, 9.17) is 11.6 Å². The summed E-state index contributed by atoms with van der Waals surface area (Å²) < 4.78 is 0. The first-order valence-electron chi connectivity index (χ1n) is 5.10. The van der Waals surface area contributed by atoms with E-state index in [0.29, 0.717) is 6.54 Å². The van der Waals surface area contributed by atoms with Crippen LogP contribution in [0.2, 0.25) is 5.02 Å². The first-order valence-corrected chi connectivity index (χ1v) is 5.48. The molecule has 0 saturated carbocycles. The molecule has 84 valence electrons. The molecule has 0 amide bonds. The summed E-state index contributed by atoms with van der Waals surface area (Å²) in [7, 11) is 0. The SMILES string of the molecule is CC(NCC(C)(C)O)c1ccccc1Cl. The van der Waals surface area contributed by atoms with Crippen LogP contribution < -0.4 is 5.32 Å². The van der Waals surface area contributed by atoms with Gasteiger partial charge < -0.3 is 10.4 Å². The van der Waals surface area contributed by atoms with Crippen molar-refractivity contribution in [3.8, 4) is 0 Å². The topological polar surface area (TPSA) is 32.3 Å². The zero-order valence-electron chi connectivity index (χ0n) is 9.42. The molecule has 1 aromatic carbocycles. The molecule has 0 fully saturated rings. The summed E-state index contributed by atoms with van der Waals surface area (Å²) >= 11 is 6.07. The first-order chi connectivity index (χ1) is 6.90. The van der Waals surface area contributed by atoms with E-state index in [1.807, 2.05) is 31.2 Å². The van der Waals surface area contributed by atoms with Crippen LogP contribution in [-0.4, -0.2) is 17.3 Å². The van der Waals surface area contributed by atoms with Crippen molar-refractivity contribution in [2.75, 3.05) is 6.54 Å². The molecule has 2 nitrogen and oxygen atoms in total. The van der Waals surface area contributed by atoms with Crippen LogP contribution in [0.15, 0.2) is 24.3 Å². The van der Waals surface area contributed by atoms with Gasteiger partial charge in [-0.15, -0.1) is 0 Å². The summed E-state index contributed by atoms with van der Waals surface area (Å²) in [6.07, 6.45) is 0. The van der Waals surface area contributed by atoms with E-state index in [2.05, 4.69) is 5.32 Å². The van der Waals surface area contributed by atoms with Crippen LogP contribution in [0, 0.1) is 0 Å². The molecule has 0 aliphatic heterocycles. The summed E-state index contributed by atoms with van der Waals surface area (Å²) in [5.41, 5.74) is 0.360. The maximum atomic E-state index is 9.59. The van der Waals surface area contributed by atoms with E-state index in [0.717, 1.165) is 10.6 Å². The van der Waals surface area contributed by atoms with Gasteiger partial charge in [0, 0.05) is 17.6 Å². The molecule has 0 aromatic heterocycles. The van der Waals surface area contributed by atoms with E-state index in [-0.39, 0.29) is 6.04 Å². The van der Waals surface area contributed by atoms with Gasteiger partial charge in [0.25, 0.3) is 0 Å². The van der Waals surface area contributed by atoms with Crippen molar-refractivity contribution >= 4 is 11.6 Å². The molecule has 3 heteroatoms. The lowest BCUT2D eigenvalue weighted by Crippen LogP contribution is -2.36. The smallest absolute Gasteiger partial charge is 0.0715 e. The number of hydrogen-bond donors (Lipinski definition) is 2. The number of halogens is 1. The van der Waals surface area contributed by atoms with Gasteiger partial charge in [-0.25, -0.2) is 0 Å². The van der Waals surface area contributed by atoms with Gasteiger partial charge in [-0.2, -0.15) is 0 Å². The van der Waals surface area contributed by atoms with Crippen molar-refractivity contribution in [1.29, 1.82) is 0 Å². The van der Waals surface area contributed by atoms with Crippen molar-refractivity contribution in [3.63, 3.8) is 0 Å². The van der Waals surface area contributed by atoms with Crippen molar-refractivity contribution in [2.24, 2.45) is 0 Å². The minimum atomic E-state index is -0.699. The Bertz CT molecular complexity index is 320. The third-order valence-electron chi connectivity index (χ3n) is 2.21. The second-order valence-corrected chi connectivity index (χ2v) is 4.84. The first kappa shape index (κ1) is 12.5. The lowest BCUT2D eigenvalue weighted by atomic mass is 10.1. The molecular formula is C12H18ClNO. The fourth-order valence-electron chi connectivity index (χ4n) is 1.34. The highest BCUT2D eigenvalue weighted by atomic mass is 35.5. The Hall–Kier alpha value is -0.570. The second-order valence-electron chi connectivity index (χ2n) is 4.44. The summed E-state index contributed by atoms with van der Waals surface area (Å²) in [5, 5.41) is 13.6. The Labute approximate surface area is 96.3 Å². The predicted molar refractivity (Wildman–Crippen MR) is 64.2 cm³/mol. The zero-order chi connectivity index (χ0) is 11.5. The molecular weight excluding hydrogens is 210 g/mol. The van der Waals surface area contributed by atoms with E-state index >= 15 is 0 Å². The molecule has 0 aliphatic carbocycles. The highest BCUT2D eigenvalue weighted by molar-refractivity contribution is 6.31. The third-order valence-corrected chi connectivity index (χ3v) is 2.56. The Kier molecular flexibility index (Phi) is 4.14. The van der Waals surface area contributed by atoms with Gasteiger partial charge >= 0.3 is 0 Å². The lowest BCUT2D eigenvalue weighted by molar-refractivity contribution is 0.0770. The second kappa shape index (κ2) is 4.97. The molecule has 0 spiro atoms. The Morgan fingerprint density at radius 3 is 2.53 bits per heavy atom. The van der Waals surface area contributed by atoms with Crippen LogP contribution in [0.4, 0.5) is 0 Å². The minimum absolute atomic E-state index is 0.144. The van der Waals surface area contributed by atoms with Crippen molar-refractivity contribution in [1.82, 2.24) is 5.32 Å². The van der Waals surface area contributed by atoms with E-state index in [9.17, 15) is 5.11 Å². The quantitative estimate of drug-likeness (QED) is 0.829. The molecule has 0 heterocycles. The van der Waals surface area contributed by atoms with Gasteiger partial charge in [0.15, 0.2) is 0 Å². The predicted octanol–water partition coefficient (Wildman–Crippen LogP) is 2.76. The lowest BCUT2D eigenvalue weighted by Gasteiger charge is -2.22. The van der Waals surface area contributed by atoms with Gasteiger partial charge in [0.1, 0.15) is 0 Å².